The van der Waals surface area contributed by atoms with Crippen molar-refractivity contribution in [2.75, 3.05) is 0 Å². The Hall–Kier alpha value is -2.10. The van der Waals surface area contributed by atoms with E-state index >= 15 is 0 Å². The second kappa shape index (κ2) is 6.34. The third-order valence-corrected chi connectivity index (χ3v) is 3.44. The molecule has 0 radical (unpaired) electrons. The van der Waals surface area contributed by atoms with E-state index < -0.39 is 11.0 Å². The number of hydrogen-bond acceptors (Lipinski definition) is 4. The van der Waals surface area contributed by atoms with Gasteiger partial charge in [-0.05, 0) is 45.7 Å². The first-order valence-electron chi connectivity index (χ1n) is 7.61. The highest BCUT2D eigenvalue weighted by molar-refractivity contribution is 5.88. The maximum atomic E-state index is 12.3. The van der Waals surface area contributed by atoms with Crippen LogP contribution < -0.4 is 10.4 Å². The molecule has 0 atom stereocenters. The molecule has 1 aromatic carbocycles. The standard InChI is InChI=1S/C18H22O4/c1-5-6-9-13-15(22-17(20)18(2,3)4)12-10-7-8-11-14(12)21-16(13)19/h7-8,10-11H,5-6,9H2,1-4H3. The highest BCUT2D eigenvalue weighted by atomic mass is 16.5. The van der Waals surface area contributed by atoms with Gasteiger partial charge in [0.05, 0.1) is 16.4 Å². The number of fused-ring (bicyclic) bond motifs is 1. The Labute approximate surface area is 130 Å². The van der Waals surface area contributed by atoms with Crippen molar-refractivity contribution in [1.82, 2.24) is 0 Å². The Balaban J connectivity index is 2.60. The Morgan fingerprint density at radius 3 is 2.55 bits per heavy atom. The van der Waals surface area contributed by atoms with Gasteiger partial charge < -0.3 is 9.15 Å². The summed E-state index contributed by atoms with van der Waals surface area (Å²) < 4.78 is 11.0. The SMILES string of the molecule is CCCCc1c(OC(=O)C(C)(C)C)c2ccccc2oc1=O. The lowest BCUT2D eigenvalue weighted by atomic mass is 9.97. The summed E-state index contributed by atoms with van der Waals surface area (Å²) in [6, 6.07) is 7.13. The van der Waals surface area contributed by atoms with E-state index in [9.17, 15) is 9.59 Å². The molecule has 2 aromatic rings. The van der Waals surface area contributed by atoms with Crippen LogP contribution in [0.15, 0.2) is 33.5 Å². The molecular weight excluding hydrogens is 280 g/mol. The zero-order valence-corrected chi connectivity index (χ0v) is 13.6. The molecular formula is C18H22O4. The Morgan fingerprint density at radius 2 is 1.91 bits per heavy atom. The Kier molecular flexibility index (Phi) is 4.69. The van der Waals surface area contributed by atoms with Gasteiger partial charge in [0.2, 0.25) is 0 Å². The lowest BCUT2D eigenvalue weighted by molar-refractivity contribution is -0.142. The first kappa shape index (κ1) is 16.3. The van der Waals surface area contributed by atoms with Crippen molar-refractivity contribution in [3.8, 4) is 5.75 Å². The number of para-hydroxylation sites is 1. The lowest BCUT2D eigenvalue weighted by Gasteiger charge is -2.18. The van der Waals surface area contributed by atoms with Crippen molar-refractivity contribution in [2.24, 2.45) is 5.41 Å². The molecule has 0 saturated heterocycles. The van der Waals surface area contributed by atoms with Crippen LogP contribution in [0.5, 0.6) is 5.75 Å². The summed E-state index contributed by atoms with van der Waals surface area (Å²) in [5.41, 5.74) is -0.189. The fourth-order valence-corrected chi connectivity index (χ4v) is 2.09. The average Bonchev–Trinajstić information content (AvgIpc) is 2.45. The minimum atomic E-state index is -0.640. The van der Waals surface area contributed by atoms with Gasteiger partial charge in [0.15, 0.2) is 5.75 Å². The molecule has 4 heteroatoms. The van der Waals surface area contributed by atoms with Crippen molar-refractivity contribution >= 4 is 16.9 Å². The molecule has 0 aliphatic rings. The molecule has 4 nitrogen and oxygen atoms in total. The molecule has 22 heavy (non-hydrogen) atoms. The molecule has 0 N–H and O–H groups in total. The Morgan fingerprint density at radius 1 is 1.23 bits per heavy atom. The average molecular weight is 302 g/mol. The van der Waals surface area contributed by atoms with Crippen LogP contribution in [0.2, 0.25) is 0 Å². The minimum Gasteiger partial charge on any atom is -0.425 e. The third-order valence-electron chi connectivity index (χ3n) is 3.44. The predicted molar refractivity (Wildman–Crippen MR) is 86.2 cm³/mol. The van der Waals surface area contributed by atoms with Crippen LogP contribution in [-0.4, -0.2) is 5.97 Å². The van der Waals surface area contributed by atoms with E-state index in [0.717, 1.165) is 12.8 Å². The van der Waals surface area contributed by atoms with Gasteiger partial charge in [-0.25, -0.2) is 4.79 Å². The van der Waals surface area contributed by atoms with Gasteiger partial charge in [0.25, 0.3) is 0 Å². The number of rotatable bonds is 4. The highest BCUT2D eigenvalue weighted by Gasteiger charge is 2.26. The summed E-state index contributed by atoms with van der Waals surface area (Å²) in [6.07, 6.45) is 2.32. The maximum Gasteiger partial charge on any atom is 0.343 e. The van der Waals surface area contributed by atoms with Gasteiger partial charge in [-0.1, -0.05) is 25.5 Å². The molecule has 1 aromatic heterocycles. The van der Waals surface area contributed by atoms with Crippen molar-refractivity contribution in [3.05, 3.63) is 40.2 Å². The summed E-state index contributed by atoms with van der Waals surface area (Å²) in [5.74, 6) is -0.0128. The van der Waals surface area contributed by atoms with Crippen LogP contribution in [0.3, 0.4) is 0 Å². The molecule has 0 bridgehead atoms. The molecule has 118 valence electrons. The van der Waals surface area contributed by atoms with Crippen LogP contribution in [0.1, 0.15) is 46.1 Å². The number of ether oxygens (including phenoxy) is 1. The van der Waals surface area contributed by atoms with Crippen molar-refractivity contribution in [1.29, 1.82) is 0 Å². The number of benzene rings is 1. The first-order valence-corrected chi connectivity index (χ1v) is 7.61. The predicted octanol–water partition coefficient (Wildman–Crippen LogP) is 4.09. The molecule has 0 spiro atoms. The van der Waals surface area contributed by atoms with E-state index in [-0.39, 0.29) is 5.97 Å². The summed E-state index contributed by atoms with van der Waals surface area (Å²) in [7, 11) is 0. The second-order valence-electron chi connectivity index (χ2n) is 6.44. The van der Waals surface area contributed by atoms with E-state index in [1.165, 1.54) is 0 Å². The van der Waals surface area contributed by atoms with Gasteiger partial charge in [-0.3, -0.25) is 4.79 Å². The number of unbranched alkanes of at least 4 members (excludes halogenated alkanes) is 1. The zero-order valence-electron chi connectivity index (χ0n) is 13.6. The highest BCUT2D eigenvalue weighted by Crippen LogP contribution is 2.30. The van der Waals surface area contributed by atoms with E-state index in [2.05, 4.69) is 0 Å². The molecule has 0 unspecified atom stereocenters. The van der Waals surface area contributed by atoms with Gasteiger partial charge >= 0.3 is 11.6 Å². The Bertz CT molecular complexity index is 735. The summed E-state index contributed by atoms with van der Waals surface area (Å²) >= 11 is 0. The number of hydrogen-bond donors (Lipinski definition) is 0. The van der Waals surface area contributed by atoms with Gasteiger partial charge in [0, 0.05) is 0 Å². The molecule has 2 rings (SSSR count). The number of esters is 1. The molecule has 0 aliphatic heterocycles. The van der Waals surface area contributed by atoms with Crippen LogP contribution in [0.25, 0.3) is 11.0 Å². The van der Waals surface area contributed by atoms with Crippen LogP contribution in [0, 0.1) is 5.41 Å². The lowest BCUT2D eigenvalue weighted by Crippen LogP contribution is -2.27. The topological polar surface area (TPSA) is 56.5 Å². The largest absolute Gasteiger partial charge is 0.425 e. The normalized spacial score (nSPS) is 11.6. The van der Waals surface area contributed by atoms with E-state index in [4.69, 9.17) is 9.15 Å². The van der Waals surface area contributed by atoms with E-state index in [0.29, 0.717) is 28.7 Å². The monoisotopic (exact) mass is 302 g/mol. The summed E-state index contributed by atoms with van der Waals surface area (Å²) in [4.78, 5) is 24.5. The summed E-state index contributed by atoms with van der Waals surface area (Å²) in [6.45, 7) is 7.40. The number of carbonyl (C=O) groups is 1. The molecule has 0 saturated carbocycles. The first-order chi connectivity index (χ1) is 10.3. The van der Waals surface area contributed by atoms with Gasteiger partial charge in [-0.15, -0.1) is 0 Å². The number of carbonyl (C=O) groups excluding carboxylic acids is 1. The van der Waals surface area contributed by atoms with Crippen LogP contribution >= 0.6 is 0 Å². The maximum absolute atomic E-state index is 12.3. The third kappa shape index (κ3) is 3.38. The van der Waals surface area contributed by atoms with E-state index in [1.807, 2.05) is 13.0 Å². The smallest absolute Gasteiger partial charge is 0.343 e. The van der Waals surface area contributed by atoms with Crippen molar-refractivity contribution in [2.45, 2.75) is 47.0 Å². The fourth-order valence-electron chi connectivity index (χ4n) is 2.09. The minimum absolute atomic E-state index is 0.347. The molecule has 0 aliphatic carbocycles. The van der Waals surface area contributed by atoms with Crippen molar-refractivity contribution < 1.29 is 13.9 Å². The summed E-state index contributed by atoms with van der Waals surface area (Å²) in [5, 5.41) is 0.658. The fraction of sp³-hybridized carbons (Fsp3) is 0.444. The van der Waals surface area contributed by atoms with Crippen LogP contribution in [0.4, 0.5) is 0 Å². The van der Waals surface area contributed by atoms with Gasteiger partial charge in [-0.2, -0.15) is 0 Å². The quantitative estimate of drug-likeness (QED) is 0.630. The second-order valence-corrected chi connectivity index (χ2v) is 6.44. The molecule has 0 amide bonds. The van der Waals surface area contributed by atoms with Crippen LogP contribution in [-0.2, 0) is 11.2 Å². The molecule has 0 fully saturated rings. The molecule has 1 heterocycles. The van der Waals surface area contributed by atoms with Crippen molar-refractivity contribution in [3.63, 3.8) is 0 Å². The zero-order chi connectivity index (χ0) is 16.3. The van der Waals surface area contributed by atoms with Gasteiger partial charge in [0.1, 0.15) is 5.58 Å². The van der Waals surface area contributed by atoms with E-state index in [1.54, 1.807) is 39.0 Å².